The van der Waals surface area contributed by atoms with Crippen molar-refractivity contribution in [3.05, 3.63) is 0 Å². The predicted octanol–water partition coefficient (Wildman–Crippen LogP) is 1.88. The van der Waals surface area contributed by atoms with Gasteiger partial charge >= 0.3 is 19.8 Å². The van der Waals surface area contributed by atoms with Crippen molar-refractivity contribution in [2.75, 3.05) is 47.5 Å². The van der Waals surface area contributed by atoms with E-state index in [1.54, 1.807) is 13.8 Å². The number of phosphoric acid groups is 1. The molecule has 0 saturated heterocycles. The Balaban J connectivity index is 4.32. The number of phosphoric ester groups is 1. The maximum atomic E-state index is 11.8. The number of rotatable bonds is 14. The van der Waals surface area contributed by atoms with E-state index in [1.807, 2.05) is 21.1 Å². The number of likely N-dealkylation sites (N-methyl/N-ethyl adjacent to an activating group) is 1. The molecule has 0 radical (unpaired) electrons. The molecule has 0 amide bonds. The zero-order valence-corrected chi connectivity index (χ0v) is 17.3. The highest BCUT2D eigenvalue weighted by molar-refractivity contribution is 7.47. The fourth-order valence-electron chi connectivity index (χ4n) is 1.70. The van der Waals surface area contributed by atoms with Gasteiger partial charge in [0.1, 0.15) is 19.3 Å². The minimum atomic E-state index is -4.16. The summed E-state index contributed by atoms with van der Waals surface area (Å²) in [6.07, 6.45) is 0.385. The minimum absolute atomic E-state index is 0.0818. The summed E-state index contributed by atoms with van der Waals surface area (Å²) >= 11 is 0. The number of ether oxygens (including phenoxy) is 2. The van der Waals surface area contributed by atoms with Crippen LogP contribution < -0.4 is 0 Å². The quantitative estimate of drug-likeness (QED) is 0.268. The predicted molar refractivity (Wildman–Crippen MR) is 95.3 cm³/mol. The molecule has 10 heteroatoms. The normalized spacial score (nSPS) is 15.2. The monoisotopic (exact) mass is 398 g/mol. The van der Waals surface area contributed by atoms with Crippen molar-refractivity contribution in [3.8, 4) is 0 Å². The van der Waals surface area contributed by atoms with Gasteiger partial charge in [0, 0.05) is 25.7 Å². The Labute approximate surface area is 155 Å². The van der Waals surface area contributed by atoms with Crippen LogP contribution in [0.5, 0.6) is 0 Å². The standard InChI is InChI=1S/C16H32NO8P/c1-6-15(18)22-11-8-14(25-16(19)7-2)9-12-23-26(20,21)24-13-10-17(3,4)5/h14H,6-13H2,1-5H3/p+1. The Kier molecular flexibility index (Phi) is 11.9. The van der Waals surface area contributed by atoms with Gasteiger partial charge in [-0.25, -0.2) is 4.57 Å². The summed E-state index contributed by atoms with van der Waals surface area (Å²) in [5.74, 6) is -0.740. The van der Waals surface area contributed by atoms with Crippen LogP contribution in [-0.4, -0.2) is 74.9 Å². The van der Waals surface area contributed by atoms with Crippen molar-refractivity contribution in [2.45, 2.75) is 45.6 Å². The van der Waals surface area contributed by atoms with Crippen LogP contribution in [0.4, 0.5) is 0 Å². The molecule has 0 aliphatic heterocycles. The summed E-state index contributed by atoms with van der Waals surface area (Å²) in [6, 6.07) is 0. The van der Waals surface area contributed by atoms with E-state index < -0.39 is 19.9 Å². The molecule has 2 atom stereocenters. The summed E-state index contributed by atoms with van der Waals surface area (Å²) in [5, 5.41) is 0. The largest absolute Gasteiger partial charge is 0.472 e. The Morgan fingerprint density at radius 1 is 0.962 bits per heavy atom. The lowest BCUT2D eigenvalue weighted by Crippen LogP contribution is -2.37. The van der Waals surface area contributed by atoms with E-state index in [2.05, 4.69) is 0 Å². The molecular weight excluding hydrogens is 365 g/mol. The number of nitrogens with zero attached hydrogens (tertiary/aromatic N) is 1. The Bertz CT molecular complexity index is 477. The third-order valence-corrected chi connectivity index (χ3v) is 4.31. The fraction of sp³-hybridized carbons (Fsp3) is 0.875. The third kappa shape index (κ3) is 14.2. The van der Waals surface area contributed by atoms with E-state index >= 15 is 0 Å². The molecule has 0 fully saturated rings. The smallest absolute Gasteiger partial charge is 0.466 e. The molecule has 0 aromatic heterocycles. The first kappa shape index (κ1) is 25.0. The molecule has 154 valence electrons. The second kappa shape index (κ2) is 12.4. The molecule has 0 saturated carbocycles. The van der Waals surface area contributed by atoms with Crippen molar-refractivity contribution >= 4 is 19.8 Å². The Morgan fingerprint density at radius 3 is 2.04 bits per heavy atom. The van der Waals surface area contributed by atoms with Crippen molar-refractivity contribution in [1.29, 1.82) is 0 Å². The molecule has 0 spiro atoms. The number of hydrogen-bond acceptors (Lipinski definition) is 7. The van der Waals surface area contributed by atoms with Crippen LogP contribution in [0.15, 0.2) is 0 Å². The van der Waals surface area contributed by atoms with Gasteiger partial charge in [-0.3, -0.25) is 18.6 Å². The fourth-order valence-corrected chi connectivity index (χ4v) is 2.43. The Hall–Kier alpha value is -0.990. The van der Waals surface area contributed by atoms with E-state index in [0.29, 0.717) is 17.4 Å². The van der Waals surface area contributed by atoms with Crippen LogP contribution in [0.1, 0.15) is 39.5 Å². The molecule has 1 N–H and O–H groups in total. The lowest BCUT2D eigenvalue weighted by Gasteiger charge is -2.24. The van der Waals surface area contributed by atoms with Crippen LogP contribution in [-0.2, 0) is 32.7 Å². The highest BCUT2D eigenvalue weighted by Gasteiger charge is 2.24. The lowest BCUT2D eigenvalue weighted by molar-refractivity contribution is -0.870. The number of esters is 2. The van der Waals surface area contributed by atoms with E-state index in [0.717, 1.165) is 0 Å². The first-order chi connectivity index (χ1) is 12.0. The van der Waals surface area contributed by atoms with Crippen LogP contribution in [0.3, 0.4) is 0 Å². The minimum Gasteiger partial charge on any atom is -0.466 e. The van der Waals surface area contributed by atoms with Crippen LogP contribution in [0.25, 0.3) is 0 Å². The first-order valence-corrected chi connectivity index (χ1v) is 10.3. The molecule has 0 heterocycles. The van der Waals surface area contributed by atoms with E-state index in [9.17, 15) is 19.0 Å². The molecule has 0 aliphatic rings. The number of carbonyl (C=O) groups is 2. The molecule has 26 heavy (non-hydrogen) atoms. The van der Waals surface area contributed by atoms with Crippen molar-refractivity contribution in [1.82, 2.24) is 0 Å². The molecule has 0 aliphatic carbocycles. The summed E-state index contributed by atoms with van der Waals surface area (Å²) in [6.45, 7) is 3.96. The maximum Gasteiger partial charge on any atom is 0.472 e. The molecule has 0 aromatic carbocycles. The van der Waals surface area contributed by atoms with Crippen LogP contribution in [0.2, 0.25) is 0 Å². The number of carbonyl (C=O) groups excluding carboxylic acids is 2. The van der Waals surface area contributed by atoms with E-state index in [4.69, 9.17) is 18.5 Å². The zero-order chi connectivity index (χ0) is 20.2. The van der Waals surface area contributed by atoms with Crippen molar-refractivity contribution in [3.63, 3.8) is 0 Å². The molecule has 0 aromatic rings. The van der Waals surface area contributed by atoms with Crippen LogP contribution in [0, 0.1) is 0 Å². The molecule has 0 rings (SSSR count). The highest BCUT2D eigenvalue weighted by Crippen LogP contribution is 2.43. The lowest BCUT2D eigenvalue weighted by atomic mass is 10.2. The first-order valence-electron chi connectivity index (χ1n) is 8.76. The summed E-state index contributed by atoms with van der Waals surface area (Å²) in [7, 11) is 1.65. The molecule has 0 bridgehead atoms. The van der Waals surface area contributed by atoms with Gasteiger partial charge in [-0.1, -0.05) is 13.8 Å². The van der Waals surface area contributed by atoms with Crippen molar-refractivity contribution in [2.24, 2.45) is 0 Å². The van der Waals surface area contributed by atoms with Gasteiger partial charge in [-0.2, -0.15) is 0 Å². The van der Waals surface area contributed by atoms with Gasteiger partial charge in [0.2, 0.25) is 0 Å². The number of quaternary nitrogens is 1. The molecule has 9 nitrogen and oxygen atoms in total. The average molecular weight is 398 g/mol. The summed E-state index contributed by atoms with van der Waals surface area (Å²) in [4.78, 5) is 32.3. The van der Waals surface area contributed by atoms with Gasteiger partial charge in [-0.05, 0) is 0 Å². The van der Waals surface area contributed by atoms with Gasteiger partial charge in [0.05, 0.1) is 34.4 Å². The average Bonchev–Trinajstić information content (AvgIpc) is 2.52. The zero-order valence-electron chi connectivity index (χ0n) is 16.4. The summed E-state index contributed by atoms with van der Waals surface area (Å²) < 4.78 is 32.5. The third-order valence-electron chi connectivity index (χ3n) is 3.29. The van der Waals surface area contributed by atoms with Gasteiger partial charge in [0.15, 0.2) is 0 Å². The molecular formula is C16H33NO8P+. The highest BCUT2D eigenvalue weighted by atomic mass is 31.2. The molecule has 2 unspecified atom stereocenters. The SMILES string of the molecule is CCC(=O)OCCC(CCOP(=O)(O)OCC[N+](C)(C)C)OC(=O)CC. The van der Waals surface area contributed by atoms with Crippen LogP contribution >= 0.6 is 7.82 Å². The topological polar surface area (TPSA) is 108 Å². The van der Waals surface area contributed by atoms with E-state index in [-0.39, 0.29) is 45.1 Å². The van der Waals surface area contributed by atoms with Crippen molar-refractivity contribution < 1.29 is 42.1 Å². The van der Waals surface area contributed by atoms with Gasteiger partial charge in [0.25, 0.3) is 0 Å². The van der Waals surface area contributed by atoms with Gasteiger partial charge < -0.3 is 18.9 Å². The van der Waals surface area contributed by atoms with E-state index in [1.165, 1.54) is 0 Å². The number of hydrogen-bond donors (Lipinski definition) is 1. The second-order valence-electron chi connectivity index (χ2n) is 6.77. The van der Waals surface area contributed by atoms with Gasteiger partial charge in [-0.15, -0.1) is 0 Å². The Morgan fingerprint density at radius 2 is 1.50 bits per heavy atom. The second-order valence-corrected chi connectivity index (χ2v) is 8.22. The maximum absolute atomic E-state index is 11.8. The summed E-state index contributed by atoms with van der Waals surface area (Å²) in [5.41, 5.74) is 0.